The van der Waals surface area contributed by atoms with E-state index in [1.54, 1.807) is 18.3 Å². The van der Waals surface area contributed by atoms with Gasteiger partial charge in [0.15, 0.2) is 0 Å². The van der Waals surface area contributed by atoms with E-state index in [1.807, 2.05) is 6.92 Å². The Morgan fingerprint density at radius 3 is 2.64 bits per heavy atom. The maximum Gasteiger partial charge on any atom is 0.306 e. The number of carbonyl (C=O) groups is 1. The molecule has 0 aliphatic heterocycles. The molecule has 0 amide bonds. The van der Waals surface area contributed by atoms with Crippen molar-refractivity contribution >= 4 is 17.3 Å². The first-order valence-electron chi connectivity index (χ1n) is 4.73. The summed E-state index contributed by atoms with van der Waals surface area (Å²) in [5.74, 6) is -0.166. The first-order chi connectivity index (χ1) is 6.76. The van der Waals surface area contributed by atoms with Gasteiger partial charge in [0, 0.05) is 6.42 Å². The number of ether oxygens (including phenoxy) is 1. The lowest BCUT2D eigenvalue weighted by molar-refractivity contribution is -0.143. The lowest BCUT2D eigenvalue weighted by Crippen LogP contribution is -2.04. The number of hydrogen-bond acceptors (Lipinski definition) is 5. The lowest BCUT2D eigenvalue weighted by Gasteiger charge is -1.98. The van der Waals surface area contributed by atoms with Gasteiger partial charge < -0.3 is 4.74 Å². The van der Waals surface area contributed by atoms with Gasteiger partial charge in [-0.15, -0.1) is 21.5 Å². The first kappa shape index (κ1) is 11.1. The van der Waals surface area contributed by atoms with Gasteiger partial charge in [0.05, 0.1) is 13.0 Å². The van der Waals surface area contributed by atoms with E-state index >= 15 is 0 Å². The molecule has 78 valence electrons. The van der Waals surface area contributed by atoms with E-state index in [4.69, 9.17) is 4.74 Å². The normalized spacial score (nSPS) is 10.1. The third-order valence-electron chi connectivity index (χ3n) is 1.66. The molecule has 0 fully saturated rings. The van der Waals surface area contributed by atoms with Gasteiger partial charge in [-0.05, 0) is 13.3 Å². The van der Waals surface area contributed by atoms with Crippen LogP contribution in [0.15, 0.2) is 0 Å². The molecule has 0 bridgehead atoms. The van der Waals surface area contributed by atoms with Crippen LogP contribution in [0.3, 0.4) is 0 Å². The molecular formula is C9H14N2O2S. The van der Waals surface area contributed by atoms with Crippen LogP contribution in [0.1, 0.15) is 30.3 Å². The predicted molar refractivity (Wildman–Crippen MR) is 54.2 cm³/mol. The van der Waals surface area contributed by atoms with Crippen molar-refractivity contribution in [1.82, 2.24) is 10.2 Å². The Bertz CT molecular complexity index is 299. The molecule has 1 heterocycles. The molecule has 0 aromatic carbocycles. The Balaban J connectivity index is 2.34. The van der Waals surface area contributed by atoms with E-state index in [-0.39, 0.29) is 5.97 Å². The van der Waals surface area contributed by atoms with Gasteiger partial charge in [-0.25, -0.2) is 0 Å². The third-order valence-corrected chi connectivity index (χ3v) is 2.79. The summed E-state index contributed by atoms with van der Waals surface area (Å²) in [6.45, 7) is 4.28. The summed E-state index contributed by atoms with van der Waals surface area (Å²) in [5, 5.41) is 9.88. The molecule has 0 aliphatic carbocycles. The summed E-state index contributed by atoms with van der Waals surface area (Å²) in [5.41, 5.74) is 0. The van der Waals surface area contributed by atoms with Crippen LogP contribution in [0.25, 0.3) is 0 Å². The molecule has 5 heteroatoms. The first-order valence-corrected chi connectivity index (χ1v) is 5.54. The van der Waals surface area contributed by atoms with Crippen molar-refractivity contribution in [3.8, 4) is 0 Å². The maximum atomic E-state index is 11.0. The standard InChI is InChI=1S/C9H14N2O2S/c1-3-7-10-11-8(14-7)5-6-9(12)13-4-2/h3-6H2,1-2H3. The fraction of sp³-hybridized carbons (Fsp3) is 0.667. The van der Waals surface area contributed by atoms with Gasteiger partial charge in [-0.2, -0.15) is 0 Å². The fourth-order valence-corrected chi connectivity index (χ4v) is 1.76. The van der Waals surface area contributed by atoms with Crippen molar-refractivity contribution in [2.24, 2.45) is 0 Å². The van der Waals surface area contributed by atoms with Crippen molar-refractivity contribution in [3.05, 3.63) is 10.0 Å². The molecule has 0 radical (unpaired) electrons. The van der Waals surface area contributed by atoms with Gasteiger partial charge in [-0.3, -0.25) is 4.79 Å². The molecule has 0 atom stereocenters. The smallest absolute Gasteiger partial charge is 0.306 e. The highest BCUT2D eigenvalue weighted by Gasteiger charge is 2.06. The number of esters is 1. The van der Waals surface area contributed by atoms with Crippen LogP contribution in [0.5, 0.6) is 0 Å². The van der Waals surface area contributed by atoms with Gasteiger partial charge in [0.25, 0.3) is 0 Å². The Hall–Kier alpha value is -0.970. The quantitative estimate of drug-likeness (QED) is 0.698. The van der Waals surface area contributed by atoms with E-state index in [2.05, 4.69) is 10.2 Å². The van der Waals surface area contributed by atoms with Gasteiger partial charge >= 0.3 is 5.97 Å². The minimum Gasteiger partial charge on any atom is -0.466 e. The number of hydrogen-bond donors (Lipinski definition) is 0. The largest absolute Gasteiger partial charge is 0.466 e. The minimum atomic E-state index is -0.166. The highest BCUT2D eigenvalue weighted by atomic mass is 32.1. The molecule has 0 saturated heterocycles. The van der Waals surface area contributed by atoms with Crippen molar-refractivity contribution in [3.63, 3.8) is 0 Å². The van der Waals surface area contributed by atoms with E-state index in [9.17, 15) is 4.79 Å². The van der Waals surface area contributed by atoms with Crippen LogP contribution in [0.2, 0.25) is 0 Å². The van der Waals surface area contributed by atoms with E-state index in [0.29, 0.717) is 19.4 Å². The Labute approximate surface area is 87.3 Å². The molecule has 0 saturated carbocycles. The molecule has 0 N–H and O–H groups in total. The number of aryl methyl sites for hydroxylation is 2. The average Bonchev–Trinajstić information content (AvgIpc) is 2.63. The number of nitrogens with zero attached hydrogens (tertiary/aromatic N) is 2. The second-order valence-corrected chi connectivity index (χ2v) is 3.89. The number of carbonyl (C=O) groups excluding carboxylic acids is 1. The number of rotatable bonds is 5. The molecule has 1 rings (SSSR count). The molecule has 14 heavy (non-hydrogen) atoms. The van der Waals surface area contributed by atoms with Crippen LogP contribution >= 0.6 is 11.3 Å². The SMILES string of the molecule is CCOC(=O)CCc1nnc(CC)s1. The van der Waals surface area contributed by atoms with Crippen LogP contribution < -0.4 is 0 Å². The molecular weight excluding hydrogens is 200 g/mol. The van der Waals surface area contributed by atoms with Gasteiger partial charge in [0.1, 0.15) is 10.0 Å². The summed E-state index contributed by atoms with van der Waals surface area (Å²) < 4.78 is 4.81. The highest BCUT2D eigenvalue weighted by Crippen LogP contribution is 2.12. The summed E-state index contributed by atoms with van der Waals surface area (Å²) >= 11 is 1.56. The molecule has 0 unspecified atom stereocenters. The zero-order valence-electron chi connectivity index (χ0n) is 8.45. The van der Waals surface area contributed by atoms with E-state index in [1.165, 1.54) is 0 Å². The summed E-state index contributed by atoms with van der Waals surface area (Å²) in [7, 11) is 0. The average molecular weight is 214 g/mol. The molecule has 4 nitrogen and oxygen atoms in total. The van der Waals surface area contributed by atoms with Crippen LogP contribution in [-0.2, 0) is 22.4 Å². The Morgan fingerprint density at radius 1 is 1.36 bits per heavy atom. The van der Waals surface area contributed by atoms with Crippen LogP contribution in [-0.4, -0.2) is 22.8 Å². The maximum absolute atomic E-state index is 11.0. The van der Waals surface area contributed by atoms with Crippen molar-refractivity contribution in [1.29, 1.82) is 0 Å². The summed E-state index contributed by atoms with van der Waals surface area (Å²) in [6, 6.07) is 0. The van der Waals surface area contributed by atoms with Gasteiger partial charge in [0.2, 0.25) is 0 Å². The van der Waals surface area contributed by atoms with E-state index in [0.717, 1.165) is 16.4 Å². The van der Waals surface area contributed by atoms with Crippen molar-refractivity contribution in [2.75, 3.05) is 6.61 Å². The van der Waals surface area contributed by atoms with E-state index < -0.39 is 0 Å². The summed E-state index contributed by atoms with van der Waals surface area (Å²) in [6.07, 6.45) is 1.93. The van der Waals surface area contributed by atoms with Gasteiger partial charge in [-0.1, -0.05) is 6.92 Å². The molecule has 1 aromatic rings. The predicted octanol–water partition coefficient (Wildman–Crippen LogP) is 1.60. The zero-order chi connectivity index (χ0) is 10.4. The minimum absolute atomic E-state index is 0.166. The Morgan fingerprint density at radius 2 is 2.07 bits per heavy atom. The zero-order valence-corrected chi connectivity index (χ0v) is 9.26. The second kappa shape index (κ2) is 5.70. The molecule has 1 aromatic heterocycles. The lowest BCUT2D eigenvalue weighted by atomic mass is 10.3. The topological polar surface area (TPSA) is 52.1 Å². The summed E-state index contributed by atoms with van der Waals surface area (Å²) in [4.78, 5) is 11.0. The highest BCUT2D eigenvalue weighted by molar-refractivity contribution is 7.11. The van der Waals surface area contributed by atoms with Crippen molar-refractivity contribution < 1.29 is 9.53 Å². The fourth-order valence-electron chi connectivity index (χ4n) is 0.974. The monoisotopic (exact) mass is 214 g/mol. The second-order valence-electron chi connectivity index (χ2n) is 2.75. The molecule has 0 aliphatic rings. The molecule has 0 spiro atoms. The van der Waals surface area contributed by atoms with Crippen molar-refractivity contribution in [2.45, 2.75) is 33.1 Å². The number of aromatic nitrogens is 2. The van der Waals surface area contributed by atoms with Crippen LogP contribution in [0, 0.1) is 0 Å². The Kier molecular flexibility index (Phi) is 4.52. The third kappa shape index (κ3) is 3.41. The van der Waals surface area contributed by atoms with Crippen LogP contribution in [0.4, 0.5) is 0 Å².